The van der Waals surface area contributed by atoms with Gasteiger partial charge in [0.2, 0.25) is 5.91 Å². The normalized spacial score (nSPS) is 10.4. The molecule has 5 nitrogen and oxygen atoms in total. The molecule has 0 aromatic heterocycles. The van der Waals surface area contributed by atoms with Gasteiger partial charge in [-0.2, -0.15) is 5.48 Å². The molecule has 0 spiro atoms. The van der Waals surface area contributed by atoms with Crippen LogP contribution in [0.4, 0.5) is 14.5 Å². The molecule has 0 aliphatic heterocycles. The number of hydrogen-bond donors (Lipinski definition) is 2. The van der Waals surface area contributed by atoms with E-state index in [0.29, 0.717) is 6.61 Å². The molecule has 0 unspecified atom stereocenters. The second kappa shape index (κ2) is 7.70. The molecular formula is C11H14F2N2O3. The van der Waals surface area contributed by atoms with Crippen LogP contribution in [-0.2, 0) is 14.4 Å². The second-order valence-electron chi connectivity index (χ2n) is 3.31. The third kappa shape index (κ3) is 4.74. The van der Waals surface area contributed by atoms with Crippen molar-refractivity contribution in [2.75, 3.05) is 32.2 Å². The Morgan fingerprint density at radius 2 is 1.94 bits per heavy atom. The van der Waals surface area contributed by atoms with Crippen molar-refractivity contribution in [1.29, 1.82) is 0 Å². The number of carbonyl (C=O) groups is 1. The minimum Gasteiger partial charge on any atom is -0.382 e. The fraction of sp³-hybridized carbons (Fsp3) is 0.364. The highest BCUT2D eigenvalue weighted by molar-refractivity contribution is 5.92. The first kappa shape index (κ1) is 14.5. The molecule has 0 heterocycles. The molecule has 0 aliphatic carbocycles. The molecule has 0 saturated heterocycles. The Labute approximate surface area is 103 Å². The van der Waals surface area contributed by atoms with Crippen LogP contribution in [0.1, 0.15) is 0 Å². The molecule has 1 rings (SSSR count). The van der Waals surface area contributed by atoms with Gasteiger partial charge in [0, 0.05) is 7.11 Å². The van der Waals surface area contributed by atoms with Crippen LogP contribution in [0.15, 0.2) is 18.2 Å². The maximum Gasteiger partial charge on any atom is 0.240 e. The van der Waals surface area contributed by atoms with Gasteiger partial charge < -0.3 is 10.1 Å². The lowest BCUT2D eigenvalue weighted by Gasteiger charge is -2.08. The van der Waals surface area contributed by atoms with Gasteiger partial charge in [0.25, 0.3) is 0 Å². The second-order valence-corrected chi connectivity index (χ2v) is 3.31. The summed E-state index contributed by atoms with van der Waals surface area (Å²) in [6, 6.07) is 3.33. The lowest BCUT2D eigenvalue weighted by molar-refractivity contribution is -0.118. The molecule has 18 heavy (non-hydrogen) atoms. The Hall–Kier alpha value is -1.57. The summed E-state index contributed by atoms with van der Waals surface area (Å²) >= 11 is 0. The quantitative estimate of drug-likeness (QED) is 0.568. The summed E-state index contributed by atoms with van der Waals surface area (Å²) in [4.78, 5) is 16.2. The highest BCUT2D eigenvalue weighted by Crippen LogP contribution is 2.17. The zero-order chi connectivity index (χ0) is 13.4. The smallest absolute Gasteiger partial charge is 0.240 e. The number of para-hydroxylation sites is 1. The van der Waals surface area contributed by atoms with Crippen LogP contribution in [0.25, 0.3) is 0 Å². The van der Waals surface area contributed by atoms with Gasteiger partial charge in [0.15, 0.2) is 0 Å². The van der Waals surface area contributed by atoms with Crippen LogP contribution in [0.3, 0.4) is 0 Å². The van der Waals surface area contributed by atoms with E-state index in [9.17, 15) is 13.6 Å². The first-order valence-electron chi connectivity index (χ1n) is 5.22. The van der Waals surface area contributed by atoms with E-state index < -0.39 is 23.2 Å². The molecule has 2 N–H and O–H groups in total. The highest BCUT2D eigenvalue weighted by atomic mass is 19.1. The SMILES string of the molecule is COCCONCC(=O)Nc1c(F)cccc1F. The van der Waals surface area contributed by atoms with E-state index >= 15 is 0 Å². The van der Waals surface area contributed by atoms with Crippen LogP contribution in [-0.4, -0.2) is 32.8 Å². The molecule has 0 atom stereocenters. The summed E-state index contributed by atoms with van der Waals surface area (Å²) in [6.07, 6.45) is 0. The van der Waals surface area contributed by atoms with Crippen molar-refractivity contribution in [2.45, 2.75) is 0 Å². The van der Waals surface area contributed by atoms with Gasteiger partial charge in [0.05, 0.1) is 13.2 Å². The van der Waals surface area contributed by atoms with Gasteiger partial charge in [0.1, 0.15) is 23.9 Å². The maximum absolute atomic E-state index is 13.2. The molecular weight excluding hydrogens is 246 g/mol. The van der Waals surface area contributed by atoms with Crippen molar-refractivity contribution in [3.05, 3.63) is 29.8 Å². The van der Waals surface area contributed by atoms with E-state index in [1.54, 1.807) is 0 Å². The standard InChI is InChI=1S/C11H14F2N2O3/c1-17-5-6-18-14-7-10(16)15-11-8(12)3-2-4-9(11)13/h2-4,14H,5-7H2,1H3,(H,15,16). The largest absolute Gasteiger partial charge is 0.382 e. The minimum atomic E-state index is -0.830. The summed E-state index contributed by atoms with van der Waals surface area (Å²) in [6.45, 7) is 0.409. The van der Waals surface area contributed by atoms with Crippen LogP contribution in [0.2, 0.25) is 0 Å². The van der Waals surface area contributed by atoms with Crippen molar-refractivity contribution in [3.8, 4) is 0 Å². The number of hydroxylamine groups is 1. The van der Waals surface area contributed by atoms with E-state index in [-0.39, 0.29) is 13.2 Å². The van der Waals surface area contributed by atoms with E-state index in [2.05, 4.69) is 10.8 Å². The lowest BCUT2D eigenvalue weighted by atomic mass is 10.3. The van der Waals surface area contributed by atoms with Gasteiger partial charge >= 0.3 is 0 Å². The Kier molecular flexibility index (Phi) is 6.20. The number of anilines is 1. The highest BCUT2D eigenvalue weighted by Gasteiger charge is 2.11. The first-order chi connectivity index (χ1) is 8.65. The van der Waals surface area contributed by atoms with Crippen molar-refractivity contribution in [1.82, 2.24) is 5.48 Å². The fourth-order valence-corrected chi connectivity index (χ4v) is 1.11. The number of methoxy groups -OCH3 is 1. The van der Waals surface area contributed by atoms with Crippen molar-refractivity contribution in [2.24, 2.45) is 0 Å². The lowest BCUT2D eigenvalue weighted by Crippen LogP contribution is -2.29. The van der Waals surface area contributed by atoms with E-state index in [1.165, 1.54) is 13.2 Å². The molecule has 0 fully saturated rings. The molecule has 1 amide bonds. The summed E-state index contributed by atoms with van der Waals surface area (Å²) in [7, 11) is 1.51. The number of benzene rings is 1. The van der Waals surface area contributed by atoms with Gasteiger partial charge in [-0.1, -0.05) is 6.07 Å². The first-order valence-corrected chi connectivity index (χ1v) is 5.22. The van der Waals surface area contributed by atoms with E-state index in [1.807, 2.05) is 0 Å². The fourth-order valence-electron chi connectivity index (χ4n) is 1.11. The molecule has 0 aliphatic rings. The molecule has 1 aromatic carbocycles. The zero-order valence-corrected chi connectivity index (χ0v) is 9.83. The zero-order valence-electron chi connectivity index (χ0n) is 9.83. The third-order valence-electron chi connectivity index (χ3n) is 1.95. The molecule has 0 radical (unpaired) electrons. The van der Waals surface area contributed by atoms with E-state index in [4.69, 9.17) is 9.57 Å². The number of rotatable bonds is 7. The predicted molar refractivity (Wildman–Crippen MR) is 60.8 cm³/mol. The molecule has 7 heteroatoms. The minimum absolute atomic E-state index is 0.225. The molecule has 0 bridgehead atoms. The van der Waals surface area contributed by atoms with Crippen molar-refractivity contribution < 1.29 is 23.1 Å². The number of ether oxygens (including phenoxy) is 1. The Bertz CT molecular complexity index is 382. The molecule has 1 aromatic rings. The van der Waals surface area contributed by atoms with Crippen molar-refractivity contribution in [3.63, 3.8) is 0 Å². The molecule has 0 saturated carbocycles. The van der Waals surface area contributed by atoms with E-state index in [0.717, 1.165) is 12.1 Å². The summed E-state index contributed by atoms with van der Waals surface area (Å²) in [5.41, 5.74) is 1.87. The maximum atomic E-state index is 13.2. The average molecular weight is 260 g/mol. The summed E-state index contributed by atoms with van der Waals surface area (Å²) in [5.74, 6) is -2.27. The predicted octanol–water partition coefficient (Wildman–Crippen LogP) is 1.07. The average Bonchev–Trinajstić information content (AvgIpc) is 2.34. The third-order valence-corrected chi connectivity index (χ3v) is 1.95. The number of nitrogens with one attached hydrogen (secondary N) is 2. The van der Waals surface area contributed by atoms with Crippen LogP contribution in [0.5, 0.6) is 0 Å². The Morgan fingerprint density at radius 3 is 2.56 bits per heavy atom. The monoisotopic (exact) mass is 260 g/mol. The number of hydrogen-bond acceptors (Lipinski definition) is 4. The Morgan fingerprint density at radius 1 is 1.28 bits per heavy atom. The summed E-state index contributed by atoms with van der Waals surface area (Å²) in [5, 5.41) is 2.11. The van der Waals surface area contributed by atoms with Crippen molar-refractivity contribution >= 4 is 11.6 Å². The number of amides is 1. The van der Waals surface area contributed by atoms with Gasteiger partial charge in [-0.25, -0.2) is 8.78 Å². The Balaban J connectivity index is 2.36. The number of carbonyl (C=O) groups excluding carboxylic acids is 1. The van der Waals surface area contributed by atoms with Gasteiger partial charge in [-0.15, -0.1) is 0 Å². The molecule has 100 valence electrons. The summed E-state index contributed by atoms with van der Waals surface area (Å²) < 4.78 is 31.1. The number of halogens is 2. The topological polar surface area (TPSA) is 59.6 Å². The van der Waals surface area contributed by atoms with Crippen LogP contribution < -0.4 is 10.8 Å². The van der Waals surface area contributed by atoms with Crippen LogP contribution >= 0.6 is 0 Å². The van der Waals surface area contributed by atoms with Gasteiger partial charge in [-0.3, -0.25) is 9.63 Å². The van der Waals surface area contributed by atoms with Gasteiger partial charge in [-0.05, 0) is 12.1 Å². The van der Waals surface area contributed by atoms with Crippen LogP contribution in [0, 0.1) is 11.6 Å².